The molecule has 0 aliphatic heterocycles. The summed E-state index contributed by atoms with van der Waals surface area (Å²) in [5.74, 6) is 2.76. The van der Waals surface area contributed by atoms with Gasteiger partial charge in [0.2, 0.25) is 0 Å². The average Bonchev–Trinajstić information content (AvgIpc) is 2.20. The molecule has 0 amide bonds. The minimum absolute atomic E-state index is 0.553. The van der Waals surface area contributed by atoms with Crippen molar-refractivity contribution in [2.75, 3.05) is 6.54 Å². The average molecular weight is 195 g/mol. The summed E-state index contributed by atoms with van der Waals surface area (Å²) in [4.78, 5) is 0. The molecule has 1 unspecified atom stereocenters. The van der Waals surface area contributed by atoms with Crippen LogP contribution in [0.4, 0.5) is 0 Å². The molecule has 0 rings (SSSR count). The molecule has 0 radical (unpaired) electrons. The van der Waals surface area contributed by atoms with Crippen molar-refractivity contribution in [3.8, 4) is 12.3 Å². The Bertz CT molecular complexity index is 146. The second-order valence-corrected chi connectivity index (χ2v) is 3.91. The van der Waals surface area contributed by atoms with E-state index in [-0.39, 0.29) is 0 Å². The van der Waals surface area contributed by atoms with Gasteiger partial charge in [-0.3, -0.25) is 0 Å². The van der Waals surface area contributed by atoms with Crippen LogP contribution in [-0.2, 0) is 0 Å². The van der Waals surface area contributed by atoms with Crippen molar-refractivity contribution in [1.82, 2.24) is 5.32 Å². The van der Waals surface area contributed by atoms with Gasteiger partial charge in [-0.15, -0.1) is 12.3 Å². The van der Waals surface area contributed by atoms with Crippen LogP contribution in [0.5, 0.6) is 0 Å². The molecule has 0 aromatic carbocycles. The van der Waals surface area contributed by atoms with Crippen LogP contribution < -0.4 is 5.32 Å². The maximum atomic E-state index is 5.34. The molecule has 0 heterocycles. The molecule has 0 spiro atoms. The van der Waals surface area contributed by atoms with E-state index in [9.17, 15) is 0 Å². The van der Waals surface area contributed by atoms with Crippen LogP contribution in [0.25, 0.3) is 0 Å². The lowest BCUT2D eigenvalue weighted by molar-refractivity contribution is 0.462. The first kappa shape index (κ1) is 13.5. The standard InChI is InChI=1S/C13H25N/c1-4-7-8-9-11-13(10-5-2)14-12-6-3/h2,13-14H,4,6-12H2,1,3H3. The van der Waals surface area contributed by atoms with Crippen LogP contribution in [0.3, 0.4) is 0 Å². The van der Waals surface area contributed by atoms with Gasteiger partial charge in [-0.25, -0.2) is 0 Å². The van der Waals surface area contributed by atoms with Crippen molar-refractivity contribution >= 4 is 0 Å². The van der Waals surface area contributed by atoms with Gasteiger partial charge in [0.05, 0.1) is 0 Å². The van der Waals surface area contributed by atoms with Crippen molar-refractivity contribution in [2.45, 2.75) is 64.8 Å². The molecule has 0 saturated carbocycles. The maximum absolute atomic E-state index is 5.34. The van der Waals surface area contributed by atoms with E-state index in [4.69, 9.17) is 6.42 Å². The molecule has 1 atom stereocenters. The van der Waals surface area contributed by atoms with E-state index in [1.807, 2.05) is 0 Å². The topological polar surface area (TPSA) is 12.0 Å². The second kappa shape index (κ2) is 10.6. The Labute approximate surface area is 89.7 Å². The van der Waals surface area contributed by atoms with Crippen molar-refractivity contribution in [2.24, 2.45) is 0 Å². The maximum Gasteiger partial charge on any atom is 0.0240 e. The van der Waals surface area contributed by atoms with Gasteiger partial charge >= 0.3 is 0 Å². The Morgan fingerprint density at radius 3 is 2.50 bits per heavy atom. The van der Waals surface area contributed by atoms with Gasteiger partial charge in [0, 0.05) is 12.5 Å². The first-order valence-electron chi connectivity index (χ1n) is 6.02. The zero-order valence-corrected chi connectivity index (χ0v) is 9.81. The zero-order chi connectivity index (χ0) is 10.6. The van der Waals surface area contributed by atoms with E-state index in [0.29, 0.717) is 6.04 Å². The third-order valence-electron chi connectivity index (χ3n) is 2.45. The summed E-state index contributed by atoms with van der Waals surface area (Å²) in [6.45, 7) is 5.53. The van der Waals surface area contributed by atoms with Crippen LogP contribution in [0.15, 0.2) is 0 Å². The lowest BCUT2D eigenvalue weighted by Crippen LogP contribution is -2.29. The van der Waals surface area contributed by atoms with Gasteiger partial charge in [0.25, 0.3) is 0 Å². The van der Waals surface area contributed by atoms with Crippen LogP contribution in [-0.4, -0.2) is 12.6 Å². The molecular weight excluding hydrogens is 170 g/mol. The van der Waals surface area contributed by atoms with Gasteiger partial charge in [0.1, 0.15) is 0 Å². The molecule has 1 N–H and O–H groups in total. The molecule has 0 bridgehead atoms. The minimum Gasteiger partial charge on any atom is -0.313 e. The smallest absolute Gasteiger partial charge is 0.0240 e. The fourth-order valence-electron chi connectivity index (χ4n) is 1.58. The Hall–Kier alpha value is -0.480. The summed E-state index contributed by atoms with van der Waals surface area (Å²) in [6.07, 6.45) is 14.0. The third kappa shape index (κ3) is 8.13. The molecule has 1 nitrogen and oxygen atoms in total. The lowest BCUT2D eigenvalue weighted by atomic mass is 10.0. The lowest BCUT2D eigenvalue weighted by Gasteiger charge is -2.15. The van der Waals surface area contributed by atoms with Crippen molar-refractivity contribution in [3.63, 3.8) is 0 Å². The van der Waals surface area contributed by atoms with E-state index in [1.54, 1.807) is 0 Å². The molecule has 0 saturated heterocycles. The third-order valence-corrected chi connectivity index (χ3v) is 2.45. The molecule has 0 aromatic heterocycles. The number of terminal acetylenes is 1. The van der Waals surface area contributed by atoms with E-state index in [2.05, 4.69) is 25.1 Å². The summed E-state index contributed by atoms with van der Waals surface area (Å²) in [5, 5.41) is 3.50. The Kier molecular flexibility index (Phi) is 10.2. The molecular formula is C13H25N. The summed E-state index contributed by atoms with van der Waals surface area (Å²) in [7, 11) is 0. The van der Waals surface area contributed by atoms with Gasteiger partial charge in [-0.2, -0.15) is 0 Å². The molecule has 14 heavy (non-hydrogen) atoms. The van der Waals surface area contributed by atoms with Gasteiger partial charge in [-0.05, 0) is 19.4 Å². The fraction of sp³-hybridized carbons (Fsp3) is 0.846. The molecule has 0 aliphatic carbocycles. The van der Waals surface area contributed by atoms with Gasteiger partial charge < -0.3 is 5.32 Å². The van der Waals surface area contributed by atoms with E-state index < -0.39 is 0 Å². The Morgan fingerprint density at radius 2 is 1.93 bits per heavy atom. The highest BCUT2D eigenvalue weighted by atomic mass is 14.9. The highest BCUT2D eigenvalue weighted by Crippen LogP contribution is 2.07. The number of unbranched alkanes of at least 4 members (excludes halogenated alkanes) is 3. The SMILES string of the molecule is C#CCC(CCCCCC)NCCC. The van der Waals surface area contributed by atoms with Crippen molar-refractivity contribution < 1.29 is 0 Å². The number of hydrogen-bond acceptors (Lipinski definition) is 1. The molecule has 82 valence electrons. The van der Waals surface area contributed by atoms with Crippen molar-refractivity contribution in [1.29, 1.82) is 0 Å². The molecule has 0 fully saturated rings. The van der Waals surface area contributed by atoms with E-state index in [0.717, 1.165) is 13.0 Å². The first-order chi connectivity index (χ1) is 6.85. The summed E-state index contributed by atoms with van der Waals surface area (Å²) >= 11 is 0. The fourth-order valence-corrected chi connectivity index (χ4v) is 1.58. The first-order valence-corrected chi connectivity index (χ1v) is 6.02. The summed E-state index contributed by atoms with van der Waals surface area (Å²) in [6, 6.07) is 0.553. The Balaban J connectivity index is 3.47. The number of hydrogen-bond donors (Lipinski definition) is 1. The summed E-state index contributed by atoms with van der Waals surface area (Å²) in [5.41, 5.74) is 0. The largest absolute Gasteiger partial charge is 0.313 e. The normalized spacial score (nSPS) is 12.4. The van der Waals surface area contributed by atoms with Gasteiger partial charge in [-0.1, -0.05) is 39.5 Å². The zero-order valence-electron chi connectivity index (χ0n) is 9.81. The van der Waals surface area contributed by atoms with Gasteiger partial charge in [0.15, 0.2) is 0 Å². The number of rotatable bonds is 9. The minimum atomic E-state index is 0.553. The van der Waals surface area contributed by atoms with E-state index in [1.165, 1.54) is 38.5 Å². The predicted octanol–water partition coefficient (Wildman–Crippen LogP) is 3.35. The van der Waals surface area contributed by atoms with Crippen LogP contribution in [0.2, 0.25) is 0 Å². The number of nitrogens with one attached hydrogen (secondary N) is 1. The van der Waals surface area contributed by atoms with Crippen LogP contribution in [0.1, 0.15) is 58.8 Å². The summed E-state index contributed by atoms with van der Waals surface area (Å²) < 4.78 is 0. The second-order valence-electron chi connectivity index (χ2n) is 3.91. The molecule has 0 aliphatic rings. The quantitative estimate of drug-likeness (QED) is 0.439. The highest BCUT2D eigenvalue weighted by Gasteiger charge is 2.04. The molecule has 0 aromatic rings. The van der Waals surface area contributed by atoms with Crippen LogP contribution >= 0.6 is 0 Å². The Morgan fingerprint density at radius 1 is 1.14 bits per heavy atom. The molecule has 1 heteroatoms. The highest BCUT2D eigenvalue weighted by molar-refractivity contribution is 4.89. The van der Waals surface area contributed by atoms with Crippen LogP contribution in [0, 0.1) is 12.3 Å². The van der Waals surface area contributed by atoms with Crippen molar-refractivity contribution in [3.05, 3.63) is 0 Å². The predicted molar refractivity (Wildman–Crippen MR) is 64.3 cm³/mol. The van der Waals surface area contributed by atoms with E-state index >= 15 is 0 Å². The monoisotopic (exact) mass is 195 g/mol.